The van der Waals surface area contributed by atoms with Crippen LogP contribution >= 0.6 is 22.9 Å². The third kappa shape index (κ3) is 4.12. The summed E-state index contributed by atoms with van der Waals surface area (Å²) >= 11 is 7.15. The van der Waals surface area contributed by atoms with Gasteiger partial charge in [-0.05, 0) is 47.3 Å². The van der Waals surface area contributed by atoms with Crippen LogP contribution in [0.2, 0.25) is 5.02 Å². The van der Waals surface area contributed by atoms with Crippen molar-refractivity contribution in [3.8, 4) is 0 Å². The molecule has 0 fully saturated rings. The first kappa shape index (κ1) is 18.6. The third-order valence-corrected chi connectivity index (χ3v) is 7.00. The number of carbonyl (C=O) groups excluding carboxylic acids is 1. The molecule has 2 heterocycles. The first-order chi connectivity index (χ1) is 12.5. The van der Waals surface area contributed by atoms with Crippen molar-refractivity contribution in [2.24, 2.45) is 0 Å². The fourth-order valence-corrected chi connectivity index (χ4v) is 4.85. The van der Waals surface area contributed by atoms with E-state index in [4.69, 9.17) is 11.6 Å². The highest BCUT2D eigenvalue weighted by Gasteiger charge is 2.30. The SMILES string of the molecule is O=C(NC[C@@H](c1cccnc1)S(=O)(=O)c1ccc(Cl)cc1)c1cccs1. The number of carbonyl (C=O) groups is 1. The van der Waals surface area contributed by atoms with Gasteiger partial charge in [0, 0.05) is 24.0 Å². The van der Waals surface area contributed by atoms with Gasteiger partial charge in [0.05, 0.1) is 9.77 Å². The maximum absolute atomic E-state index is 13.1. The van der Waals surface area contributed by atoms with Crippen molar-refractivity contribution in [1.82, 2.24) is 10.3 Å². The first-order valence-electron chi connectivity index (χ1n) is 7.69. The normalized spacial score (nSPS) is 12.5. The topological polar surface area (TPSA) is 76.1 Å². The second-order valence-electron chi connectivity index (χ2n) is 5.46. The number of pyridine rings is 1. The van der Waals surface area contributed by atoms with Gasteiger partial charge in [-0.15, -0.1) is 11.3 Å². The zero-order valence-corrected chi connectivity index (χ0v) is 15.9. The van der Waals surface area contributed by atoms with Gasteiger partial charge < -0.3 is 5.32 Å². The van der Waals surface area contributed by atoms with Crippen molar-refractivity contribution >= 4 is 38.7 Å². The Bertz CT molecular complexity index is 973. The molecule has 0 unspecified atom stereocenters. The number of amides is 1. The average molecular weight is 407 g/mol. The van der Waals surface area contributed by atoms with Gasteiger partial charge >= 0.3 is 0 Å². The molecule has 0 aliphatic carbocycles. The van der Waals surface area contributed by atoms with E-state index in [9.17, 15) is 13.2 Å². The van der Waals surface area contributed by atoms with Gasteiger partial charge in [0.15, 0.2) is 9.84 Å². The quantitative estimate of drug-likeness (QED) is 0.676. The lowest BCUT2D eigenvalue weighted by atomic mass is 10.2. The zero-order valence-electron chi connectivity index (χ0n) is 13.5. The number of hydrogen-bond donors (Lipinski definition) is 1. The monoisotopic (exact) mass is 406 g/mol. The fourth-order valence-electron chi connectivity index (χ4n) is 2.44. The predicted molar refractivity (Wildman–Crippen MR) is 102 cm³/mol. The van der Waals surface area contributed by atoms with E-state index in [1.807, 2.05) is 0 Å². The van der Waals surface area contributed by atoms with E-state index in [1.165, 1.54) is 41.8 Å². The number of benzene rings is 1. The molecule has 3 aromatic rings. The molecule has 0 saturated heterocycles. The highest BCUT2D eigenvalue weighted by atomic mass is 35.5. The molecule has 5 nitrogen and oxygen atoms in total. The summed E-state index contributed by atoms with van der Waals surface area (Å²) < 4.78 is 26.2. The van der Waals surface area contributed by atoms with E-state index in [2.05, 4.69) is 10.3 Å². The Morgan fingerprint density at radius 1 is 1.15 bits per heavy atom. The summed E-state index contributed by atoms with van der Waals surface area (Å²) in [6, 6.07) is 12.8. The van der Waals surface area contributed by atoms with Crippen molar-refractivity contribution in [3.63, 3.8) is 0 Å². The molecule has 1 amide bonds. The average Bonchev–Trinajstić information content (AvgIpc) is 3.17. The van der Waals surface area contributed by atoms with Gasteiger partial charge in [0.25, 0.3) is 5.91 Å². The van der Waals surface area contributed by atoms with Crippen molar-refractivity contribution in [1.29, 1.82) is 0 Å². The van der Waals surface area contributed by atoms with Crippen molar-refractivity contribution in [2.75, 3.05) is 6.54 Å². The second kappa shape index (κ2) is 7.99. The molecule has 1 aromatic carbocycles. The minimum Gasteiger partial charge on any atom is -0.350 e. The van der Waals surface area contributed by atoms with E-state index < -0.39 is 15.1 Å². The van der Waals surface area contributed by atoms with Crippen LogP contribution < -0.4 is 5.32 Å². The van der Waals surface area contributed by atoms with E-state index in [0.29, 0.717) is 15.5 Å². The van der Waals surface area contributed by atoms with E-state index in [0.717, 1.165) is 0 Å². The number of halogens is 1. The lowest BCUT2D eigenvalue weighted by molar-refractivity contribution is 0.0957. The largest absolute Gasteiger partial charge is 0.350 e. The Kier molecular flexibility index (Phi) is 5.70. The van der Waals surface area contributed by atoms with Crippen LogP contribution in [0.25, 0.3) is 0 Å². The molecule has 1 N–H and O–H groups in total. The van der Waals surface area contributed by atoms with Crippen LogP contribution in [-0.2, 0) is 9.84 Å². The molecule has 26 heavy (non-hydrogen) atoms. The Labute approximate surface area is 160 Å². The number of aromatic nitrogens is 1. The Morgan fingerprint density at radius 2 is 1.92 bits per heavy atom. The molecule has 0 radical (unpaired) electrons. The molecule has 0 saturated carbocycles. The number of thiophene rings is 1. The smallest absolute Gasteiger partial charge is 0.261 e. The maximum Gasteiger partial charge on any atom is 0.261 e. The highest BCUT2D eigenvalue weighted by molar-refractivity contribution is 7.91. The molecule has 3 rings (SSSR count). The van der Waals surface area contributed by atoms with E-state index in [1.54, 1.807) is 35.8 Å². The Hall–Kier alpha value is -2.22. The fraction of sp³-hybridized carbons (Fsp3) is 0.111. The molecule has 2 aromatic heterocycles. The number of hydrogen-bond acceptors (Lipinski definition) is 5. The number of nitrogens with one attached hydrogen (secondary N) is 1. The molecule has 134 valence electrons. The number of sulfone groups is 1. The molecule has 0 spiro atoms. The summed E-state index contributed by atoms with van der Waals surface area (Å²) in [6.07, 6.45) is 3.06. The second-order valence-corrected chi connectivity index (χ2v) is 8.98. The molecule has 0 aliphatic rings. The van der Waals surface area contributed by atoms with Gasteiger partial charge in [-0.2, -0.15) is 0 Å². The molecular formula is C18H15ClN2O3S2. The summed E-state index contributed by atoms with van der Waals surface area (Å²) in [6.45, 7) is -0.0621. The Balaban J connectivity index is 1.91. The number of nitrogens with zero attached hydrogens (tertiary/aromatic N) is 1. The van der Waals surface area contributed by atoms with Gasteiger partial charge in [-0.3, -0.25) is 9.78 Å². The summed E-state index contributed by atoms with van der Waals surface area (Å²) in [5.74, 6) is -0.305. The number of rotatable bonds is 6. The maximum atomic E-state index is 13.1. The van der Waals surface area contributed by atoms with Crippen LogP contribution in [0.3, 0.4) is 0 Å². The van der Waals surface area contributed by atoms with Crippen LogP contribution in [0.15, 0.2) is 71.2 Å². The standard InChI is InChI=1S/C18H15ClN2O3S2/c19-14-5-7-15(8-6-14)26(23,24)17(13-3-1-9-20-11-13)12-21-18(22)16-4-2-10-25-16/h1-11,17H,12H2,(H,21,22)/t17-/m0/s1. The summed E-state index contributed by atoms with van der Waals surface area (Å²) in [5, 5.41) is 3.99. The summed E-state index contributed by atoms with van der Waals surface area (Å²) in [7, 11) is -3.75. The van der Waals surface area contributed by atoms with E-state index in [-0.39, 0.29) is 17.3 Å². The van der Waals surface area contributed by atoms with Gasteiger partial charge in [-0.1, -0.05) is 23.7 Å². The van der Waals surface area contributed by atoms with Gasteiger partial charge in [-0.25, -0.2) is 8.42 Å². The molecule has 0 aliphatic heterocycles. The summed E-state index contributed by atoms with van der Waals surface area (Å²) in [5.41, 5.74) is 0.508. The van der Waals surface area contributed by atoms with Crippen molar-refractivity contribution in [2.45, 2.75) is 10.1 Å². The van der Waals surface area contributed by atoms with Crippen LogP contribution in [-0.4, -0.2) is 25.9 Å². The minimum absolute atomic E-state index is 0.0621. The molecule has 0 bridgehead atoms. The van der Waals surface area contributed by atoms with Gasteiger partial charge in [0.2, 0.25) is 0 Å². The molecular weight excluding hydrogens is 392 g/mol. The van der Waals surface area contributed by atoms with Gasteiger partial charge in [0.1, 0.15) is 5.25 Å². The lowest BCUT2D eigenvalue weighted by Crippen LogP contribution is -2.31. The molecule has 8 heteroatoms. The van der Waals surface area contributed by atoms with E-state index >= 15 is 0 Å². The predicted octanol–water partition coefficient (Wildman–Crippen LogP) is 3.74. The Morgan fingerprint density at radius 3 is 2.54 bits per heavy atom. The molecule has 1 atom stereocenters. The van der Waals surface area contributed by atoms with Crippen LogP contribution in [0, 0.1) is 0 Å². The summed E-state index contributed by atoms with van der Waals surface area (Å²) in [4.78, 5) is 16.9. The third-order valence-electron chi connectivity index (χ3n) is 3.77. The first-order valence-corrected chi connectivity index (χ1v) is 10.5. The van der Waals surface area contributed by atoms with Crippen LogP contribution in [0.5, 0.6) is 0 Å². The van der Waals surface area contributed by atoms with Crippen molar-refractivity contribution < 1.29 is 13.2 Å². The minimum atomic E-state index is -3.75. The van der Waals surface area contributed by atoms with Crippen LogP contribution in [0.1, 0.15) is 20.5 Å². The zero-order chi connectivity index (χ0) is 18.6. The van der Waals surface area contributed by atoms with Crippen molar-refractivity contribution in [3.05, 3.63) is 81.8 Å². The lowest BCUT2D eigenvalue weighted by Gasteiger charge is -2.18. The van der Waals surface area contributed by atoms with Crippen LogP contribution in [0.4, 0.5) is 0 Å². The highest BCUT2D eigenvalue weighted by Crippen LogP contribution is 2.29.